The van der Waals surface area contributed by atoms with Gasteiger partial charge in [-0.2, -0.15) is 0 Å². The molecule has 3 aliphatic heterocycles. The van der Waals surface area contributed by atoms with Crippen LogP contribution in [0.15, 0.2) is 0 Å². The zero-order chi connectivity index (χ0) is 16.4. The molecule has 136 valence electrons. The number of fused-ring (bicyclic) bond motifs is 1. The van der Waals surface area contributed by atoms with Crippen LogP contribution < -0.4 is 0 Å². The average molecular weight is 336 g/mol. The first-order chi connectivity index (χ1) is 11.8. The quantitative estimate of drug-likeness (QED) is 0.795. The van der Waals surface area contributed by atoms with Gasteiger partial charge >= 0.3 is 0 Å². The second-order valence-corrected chi connectivity index (χ2v) is 8.08. The van der Waals surface area contributed by atoms with Gasteiger partial charge in [-0.25, -0.2) is 5.06 Å². The van der Waals surface area contributed by atoms with E-state index in [0.717, 1.165) is 51.1 Å². The molecule has 0 aromatic heterocycles. The number of hydrogen-bond donors (Lipinski definition) is 0. The van der Waals surface area contributed by atoms with Crippen LogP contribution in [-0.4, -0.2) is 60.4 Å². The van der Waals surface area contributed by atoms with Crippen molar-refractivity contribution in [3.8, 4) is 0 Å². The highest BCUT2D eigenvalue weighted by Gasteiger charge is 2.43. The van der Waals surface area contributed by atoms with E-state index in [-0.39, 0.29) is 18.1 Å². The number of hydrogen-bond acceptors (Lipinski definition) is 4. The first-order valence-electron chi connectivity index (χ1n) is 10.1. The highest BCUT2D eigenvalue weighted by Crippen LogP contribution is 2.34. The number of hydroxylamine groups is 2. The normalized spacial score (nSPS) is 35.8. The van der Waals surface area contributed by atoms with Crippen LogP contribution >= 0.6 is 0 Å². The van der Waals surface area contributed by atoms with Crippen LogP contribution in [0.1, 0.15) is 64.2 Å². The van der Waals surface area contributed by atoms with Gasteiger partial charge in [0.1, 0.15) is 6.10 Å². The molecule has 0 bridgehead atoms. The van der Waals surface area contributed by atoms with Crippen LogP contribution in [0.5, 0.6) is 0 Å². The second kappa shape index (κ2) is 7.71. The lowest BCUT2D eigenvalue weighted by Crippen LogP contribution is -2.50. The Morgan fingerprint density at radius 3 is 2.58 bits per heavy atom. The molecule has 0 N–H and O–H groups in total. The maximum Gasteiger partial charge on any atom is 0.275 e. The van der Waals surface area contributed by atoms with Crippen molar-refractivity contribution in [1.82, 2.24) is 9.96 Å². The molecule has 4 fully saturated rings. The predicted molar refractivity (Wildman–Crippen MR) is 91.3 cm³/mol. The van der Waals surface area contributed by atoms with Crippen LogP contribution in [0.2, 0.25) is 0 Å². The molecule has 0 unspecified atom stereocenters. The molecule has 0 aromatic carbocycles. The molecule has 3 saturated heterocycles. The SMILES string of the molecule is O=C([C@H]1CC[C@@H]2[C@@H](CCN2CC2CCCCC2)O1)N1CCCCO1. The Bertz CT molecular complexity index is 432. The number of rotatable bonds is 3. The van der Waals surface area contributed by atoms with Gasteiger partial charge in [-0.1, -0.05) is 19.3 Å². The Morgan fingerprint density at radius 2 is 1.79 bits per heavy atom. The summed E-state index contributed by atoms with van der Waals surface area (Å²) >= 11 is 0. The van der Waals surface area contributed by atoms with E-state index in [0.29, 0.717) is 12.6 Å². The van der Waals surface area contributed by atoms with Crippen LogP contribution in [0, 0.1) is 5.92 Å². The number of carbonyl (C=O) groups is 1. The minimum atomic E-state index is -0.279. The zero-order valence-electron chi connectivity index (χ0n) is 14.8. The molecule has 3 atom stereocenters. The summed E-state index contributed by atoms with van der Waals surface area (Å²) in [6.07, 6.45) is 12.2. The summed E-state index contributed by atoms with van der Waals surface area (Å²) in [5.74, 6) is 0.942. The van der Waals surface area contributed by atoms with E-state index in [9.17, 15) is 4.79 Å². The molecule has 1 amide bonds. The van der Waals surface area contributed by atoms with E-state index in [2.05, 4.69) is 4.90 Å². The highest BCUT2D eigenvalue weighted by atomic mass is 16.7. The van der Waals surface area contributed by atoms with E-state index < -0.39 is 0 Å². The van der Waals surface area contributed by atoms with E-state index in [4.69, 9.17) is 9.57 Å². The summed E-state index contributed by atoms with van der Waals surface area (Å²) in [6, 6.07) is 0.540. The molecule has 1 saturated carbocycles. The predicted octanol–water partition coefficient (Wildman–Crippen LogP) is 2.74. The third kappa shape index (κ3) is 3.63. The van der Waals surface area contributed by atoms with Crippen molar-refractivity contribution in [3.05, 3.63) is 0 Å². The summed E-state index contributed by atoms with van der Waals surface area (Å²) in [4.78, 5) is 20.8. The molecular formula is C19H32N2O3. The van der Waals surface area contributed by atoms with E-state index >= 15 is 0 Å². The van der Waals surface area contributed by atoms with Gasteiger partial charge in [0.05, 0.1) is 12.7 Å². The van der Waals surface area contributed by atoms with Gasteiger partial charge in [0.25, 0.3) is 5.91 Å². The largest absolute Gasteiger partial charge is 0.363 e. The van der Waals surface area contributed by atoms with Gasteiger partial charge < -0.3 is 4.74 Å². The molecule has 3 heterocycles. The van der Waals surface area contributed by atoms with Gasteiger partial charge in [0.15, 0.2) is 0 Å². The third-order valence-corrected chi connectivity index (χ3v) is 6.40. The van der Waals surface area contributed by atoms with Gasteiger partial charge in [-0.05, 0) is 50.9 Å². The van der Waals surface area contributed by atoms with Crippen LogP contribution in [-0.2, 0) is 14.4 Å². The monoisotopic (exact) mass is 336 g/mol. The number of carbonyl (C=O) groups excluding carboxylic acids is 1. The second-order valence-electron chi connectivity index (χ2n) is 8.08. The van der Waals surface area contributed by atoms with Crippen molar-refractivity contribution < 1.29 is 14.4 Å². The third-order valence-electron chi connectivity index (χ3n) is 6.40. The van der Waals surface area contributed by atoms with Gasteiger partial charge in [0.2, 0.25) is 0 Å². The summed E-state index contributed by atoms with van der Waals surface area (Å²) in [5.41, 5.74) is 0. The van der Waals surface area contributed by atoms with Crippen molar-refractivity contribution in [2.24, 2.45) is 5.92 Å². The number of ether oxygens (including phenoxy) is 1. The lowest BCUT2D eigenvalue weighted by Gasteiger charge is -2.38. The highest BCUT2D eigenvalue weighted by molar-refractivity contribution is 5.80. The van der Waals surface area contributed by atoms with Crippen molar-refractivity contribution in [1.29, 1.82) is 0 Å². The summed E-state index contributed by atoms with van der Waals surface area (Å²) < 4.78 is 6.23. The molecule has 4 aliphatic rings. The van der Waals surface area contributed by atoms with E-state index in [1.54, 1.807) is 5.06 Å². The average Bonchev–Trinajstić information content (AvgIpc) is 3.05. The van der Waals surface area contributed by atoms with Gasteiger partial charge in [-0.15, -0.1) is 0 Å². The lowest BCUT2D eigenvalue weighted by atomic mass is 9.88. The minimum Gasteiger partial charge on any atom is -0.363 e. The molecule has 5 heteroatoms. The van der Waals surface area contributed by atoms with Crippen LogP contribution in [0.3, 0.4) is 0 Å². The summed E-state index contributed by atoms with van der Waals surface area (Å²) in [6.45, 7) is 3.78. The van der Waals surface area contributed by atoms with Gasteiger partial charge in [0, 0.05) is 25.7 Å². The van der Waals surface area contributed by atoms with E-state index in [1.165, 1.54) is 38.6 Å². The number of likely N-dealkylation sites (tertiary alicyclic amines) is 1. The molecule has 1 aliphatic carbocycles. The molecular weight excluding hydrogens is 304 g/mol. The fraction of sp³-hybridized carbons (Fsp3) is 0.947. The van der Waals surface area contributed by atoms with Gasteiger partial charge in [-0.3, -0.25) is 14.5 Å². The number of nitrogens with zero attached hydrogens (tertiary/aromatic N) is 2. The summed E-state index contributed by atoms with van der Waals surface area (Å²) in [5, 5.41) is 1.56. The molecule has 0 aromatic rings. The molecule has 24 heavy (non-hydrogen) atoms. The maximum atomic E-state index is 12.6. The number of amides is 1. The van der Waals surface area contributed by atoms with Crippen molar-refractivity contribution >= 4 is 5.91 Å². The zero-order valence-corrected chi connectivity index (χ0v) is 14.8. The Hall–Kier alpha value is -0.650. The topological polar surface area (TPSA) is 42.0 Å². The van der Waals surface area contributed by atoms with Crippen LogP contribution in [0.25, 0.3) is 0 Å². The standard InChI is InChI=1S/C19H32N2O3/c22-19(21-11-4-5-13-23-21)18-9-8-16-17(24-18)10-12-20(16)14-15-6-2-1-3-7-15/h15-18H,1-14H2/t16-,17-,18-/m1/s1. The molecule has 0 radical (unpaired) electrons. The Balaban J connectivity index is 1.29. The molecule has 0 spiro atoms. The first-order valence-corrected chi connectivity index (χ1v) is 10.1. The summed E-state index contributed by atoms with van der Waals surface area (Å²) in [7, 11) is 0. The Morgan fingerprint density at radius 1 is 0.917 bits per heavy atom. The van der Waals surface area contributed by atoms with Crippen LogP contribution in [0.4, 0.5) is 0 Å². The molecule has 5 nitrogen and oxygen atoms in total. The minimum absolute atomic E-state index is 0.0545. The maximum absolute atomic E-state index is 12.6. The fourth-order valence-electron chi connectivity index (χ4n) is 5.06. The van der Waals surface area contributed by atoms with Crippen molar-refractivity contribution in [3.63, 3.8) is 0 Å². The molecule has 4 rings (SSSR count). The Labute approximate surface area is 145 Å². The first kappa shape index (κ1) is 16.8. The smallest absolute Gasteiger partial charge is 0.275 e. The van der Waals surface area contributed by atoms with Crippen molar-refractivity contribution in [2.45, 2.75) is 82.5 Å². The fourth-order valence-corrected chi connectivity index (χ4v) is 5.06. The lowest BCUT2D eigenvalue weighted by molar-refractivity contribution is -0.213. The van der Waals surface area contributed by atoms with E-state index in [1.807, 2.05) is 0 Å². The van der Waals surface area contributed by atoms with Crippen molar-refractivity contribution in [2.75, 3.05) is 26.2 Å². The Kier molecular flexibility index (Phi) is 5.40.